The maximum Gasteiger partial charge on any atom is 0.335 e. The third kappa shape index (κ3) is 5.98. The third-order valence-electron chi connectivity index (χ3n) is 5.56. The lowest BCUT2D eigenvalue weighted by molar-refractivity contribution is -0.122. The Morgan fingerprint density at radius 1 is 0.838 bits per heavy atom. The molecule has 8 heteroatoms. The molecule has 0 unspecified atom stereocenters. The van der Waals surface area contributed by atoms with Crippen molar-refractivity contribution < 1.29 is 28.6 Å². The molecule has 3 aromatic carbocycles. The summed E-state index contributed by atoms with van der Waals surface area (Å²) < 4.78 is 17.1. The zero-order valence-corrected chi connectivity index (χ0v) is 20.9. The van der Waals surface area contributed by atoms with Crippen molar-refractivity contribution in [2.24, 2.45) is 0 Å². The van der Waals surface area contributed by atoms with Gasteiger partial charge in [-0.05, 0) is 74.4 Å². The van der Waals surface area contributed by atoms with E-state index in [4.69, 9.17) is 14.2 Å². The van der Waals surface area contributed by atoms with Gasteiger partial charge in [0, 0.05) is 0 Å². The lowest BCUT2D eigenvalue weighted by Gasteiger charge is -2.26. The third-order valence-corrected chi connectivity index (χ3v) is 5.56. The van der Waals surface area contributed by atoms with Gasteiger partial charge in [0.1, 0.15) is 17.9 Å². The first-order valence-electron chi connectivity index (χ1n) is 12.0. The molecular formula is C29H28N2O6. The van der Waals surface area contributed by atoms with Gasteiger partial charge in [0.25, 0.3) is 11.8 Å². The highest BCUT2D eigenvalue weighted by Crippen LogP contribution is 2.31. The Morgan fingerprint density at radius 2 is 1.59 bits per heavy atom. The second-order valence-electron chi connectivity index (χ2n) is 8.30. The van der Waals surface area contributed by atoms with E-state index >= 15 is 0 Å². The van der Waals surface area contributed by atoms with Crippen LogP contribution in [-0.2, 0) is 16.2 Å². The van der Waals surface area contributed by atoms with Crippen molar-refractivity contribution in [2.45, 2.75) is 27.4 Å². The average Bonchev–Trinajstić information content (AvgIpc) is 2.87. The van der Waals surface area contributed by atoms with Crippen LogP contribution in [0.4, 0.5) is 10.5 Å². The Balaban J connectivity index is 1.59. The minimum atomic E-state index is -0.814. The summed E-state index contributed by atoms with van der Waals surface area (Å²) in [5.41, 5.74) is 2.85. The number of ether oxygens (including phenoxy) is 3. The van der Waals surface area contributed by atoms with E-state index in [2.05, 4.69) is 5.32 Å². The van der Waals surface area contributed by atoms with Crippen LogP contribution in [0.5, 0.6) is 17.2 Å². The van der Waals surface area contributed by atoms with Crippen LogP contribution in [0.15, 0.2) is 72.3 Å². The molecule has 1 aliphatic heterocycles. The Kier molecular flexibility index (Phi) is 7.88. The van der Waals surface area contributed by atoms with Gasteiger partial charge in [-0.25, -0.2) is 9.69 Å². The molecule has 4 amide bonds. The van der Waals surface area contributed by atoms with E-state index in [0.29, 0.717) is 48.3 Å². The zero-order chi connectivity index (χ0) is 26.4. The van der Waals surface area contributed by atoms with Gasteiger partial charge in [-0.3, -0.25) is 14.9 Å². The van der Waals surface area contributed by atoms with E-state index in [-0.39, 0.29) is 5.57 Å². The number of rotatable bonds is 9. The maximum atomic E-state index is 13.2. The molecule has 8 nitrogen and oxygen atoms in total. The molecule has 1 aliphatic rings. The van der Waals surface area contributed by atoms with E-state index in [1.54, 1.807) is 42.5 Å². The topological polar surface area (TPSA) is 94.2 Å². The first kappa shape index (κ1) is 25.5. The Labute approximate surface area is 215 Å². The number of hydrogen-bond acceptors (Lipinski definition) is 6. The van der Waals surface area contributed by atoms with Gasteiger partial charge in [-0.1, -0.05) is 35.9 Å². The second kappa shape index (κ2) is 11.4. The van der Waals surface area contributed by atoms with Gasteiger partial charge in [-0.15, -0.1) is 0 Å². The monoisotopic (exact) mass is 500 g/mol. The number of amides is 4. The van der Waals surface area contributed by atoms with Crippen LogP contribution in [-0.4, -0.2) is 31.1 Å². The predicted octanol–water partition coefficient (Wildman–Crippen LogP) is 5.04. The summed E-state index contributed by atoms with van der Waals surface area (Å²) in [4.78, 5) is 39.2. The van der Waals surface area contributed by atoms with E-state index in [9.17, 15) is 14.4 Å². The van der Waals surface area contributed by atoms with Crippen LogP contribution >= 0.6 is 0 Å². The summed E-state index contributed by atoms with van der Waals surface area (Å²) in [5, 5.41) is 2.23. The van der Waals surface area contributed by atoms with Gasteiger partial charge in [0.15, 0.2) is 11.5 Å². The molecule has 1 saturated heterocycles. The summed E-state index contributed by atoms with van der Waals surface area (Å²) in [6, 6.07) is 18.8. The van der Waals surface area contributed by atoms with Crippen LogP contribution in [0.1, 0.15) is 30.5 Å². The molecule has 37 heavy (non-hydrogen) atoms. The number of nitrogens with zero attached hydrogens (tertiary/aromatic N) is 1. The number of imide groups is 2. The largest absolute Gasteiger partial charge is 0.494 e. The molecule has 3 aromatic rings. The molecule has 0 radical (unpaired) electrons. The van der Waals surface area contributed by atoms with Crippen molar-refractivity contribution in [3.8, 4) is 17.2 Å². The van der Waals surface area contributed by atoms with Crippen molar-refractivity contribution >= 4 is 29.6 Å². The van der Waals surface area contributed by atoms with E-state index in [1.165, 1.54) is 6.08 Å². The van der Waals surface area contributed by atoms with E-state index in [1.807, 2.05) is 45.0 Å². The minimum Gasteiger partial charge on any atom is -0.494 e. The summed E-state index contributed by atoms with van der Waals surface area (Å²) in [6.07, 6.45) is 1.43. The maximum absolute atomic E-state index is 13.2. The second-order valence-corrected chi connectivity index (χ2v) is 8.30. The minimum absolute atomic E-state index is 0.177. The van der Waals surface area contributed by atoms with Crippen molar-refractivity contribution in [3.63, 3.8) is 0 Å². The molecule has 0 bridgehead atoms. The van der Waals surface area contributed by atoms with Gasteiger partial charge >= 0.3 is 6.03 Å². The first-order valence-corrected chi connectivity index (χ1v) is 12.0. The molecule has 0 atom stereocenters. The fourth-order valence-corrected chi connectivity index (χ4v) is 3.88. The number of urea groups is 1. The van der Waals surface area contributed by atoms with Crippen molar-refractivity contribution in [1.82, 2.24) is 5.32 Å². The van der Waals surface area contributed by atoms with Crippen LogP contribution < -0.4 is 24.4 Å². The molecule has 190 valence electrons. The van der Waals surface area contributed by atoms with Gasteiger partial charge in [0.2, 0.25) is 0 Å². The van der Waals surface area contributed by atoms with Crippen molar-refractivity contribution in [1.29, 1.82) is 0 Å². The number of barbiturate groups is 1. The van der Waals surface area contributed by atoms with Crippen LogP contribution in [0.2, 0.25) is 0 Å². The highest BCUT2D eigenvalue weighted by molar-refractivity contribution is 6.39. The number of hydrogen-bond donors (Lipinski definition) is 1. The van der Waals surface area contributed by atoms with Crippen molar-refractivity contribution in [2.75, 3.05) is 18.1 Å². The lowest BCUT2D eigenvalue weighted by Crippen LogP contribution is -2.54. The summed E-state index contributed by atoms with van der Waals surface area (Å²) in [5.74, 6) is 0.130. The molecule has 0 spiro atoms. The number of carbonyl (C=O) groups is 3. The highest BCUT2D eigenvalue weighted by Gasteiger charge is 2.36. The normalized spacial score (nSPS) is 14.5. The zero-order valence-electron chi connectivity index (χ0n) is 20.9. The van der Waals surface area contributed by atoms with Crippen LogP contribution in [0.25, 0.3) is 6.08 Å². The number of aryl methyl sites for hydroxylation is 1. The fourth-order valence-electron chi connectivity index (χ4n) is 3.88. The molecule has 0 saturated carbocycles. The van der Waals surface area contributed by atoms with Gasteiger partial charge in [0.05, 0.1) is 18.9 Å². The van der Waals surface area contributed by atoms with Gasteiger partial charge < -0.3 is 14.2 Å². The standard InChI is InChI=1S/C29H28N2O6/c1-4-35-23-12-10-22(11-13-23)31-28(33)24(27(32)30-29(31)34)16-20-9-14-25(26(17-20)36-5-2)37-18-21-8-6-7-19(3)15-21/h6-17H,4-5,18H2,1-3H3,(H,30,32,34)/b24-16+. The van der Waals surface area contributed by atoms with Crippen LogP contribution in [0.3, 0.4) is 0 Å². The van der Waals surface area contributed by atoms with E-state index in [0.717, 1.165) is 16.0 Å². The lowest BCUT2D eigenvalue weighted by atomic mass is 10.1. The number of carbonyl (C=O) groups excluding carboxylic acids is 3. The molecule has 1 fully saturated rings. The number of anilines is 1. The SMILES string of the molecule is CCOc1ccc(N2C(=O)NC(=O)/C(=C\c3ccc(OCc4cccc(C)c4)c(OCC)c3)C2=O)cc1. The quantitative estimate of drug-likeness (QED) is 0.327. The molecule has 1 heterocycles. The molecular weight excluding hydrogens is 472 g/mol. The smallest absolute Gasteiger partial charge is 0.335 e. The number of benzene rings is 3. The molecule has 0 aromatic heterocycles. The Bertz CT molecular complexity index is 1350. The fraction of sp³-hybridized carbons (Fsp3) is 0.207. The van der Waals surface area contributed by atoms with Crippen LogP contribution in [0, 0.1) is 6.92 Å². The highest BCUT2D eigenvalue weighted by atomic mass is 16.5. The number of nitrogens with one attached hydrogen (secondary N) is 1. The van der Waals surface area contributed by atoms with Gasteiger partial charge in [-0.2, -0.15) is 0 Å². The van der Waals surface area contributed by atoms with E-state index < -0.39 is 17.8 Å². The average molecular weight is 501 g/mol. The van der Waals surface area contributed by atoms with Crippen molar-refractivity contribution in [3.05, 3.63) is 89.0 Å². The molecule has 0 aliphatic carbocycles. The Morgan fingerprint density at radius 3 is 2.30 bits per heavy atom. The summed E-state index contributed by atoms with van der Waals surface area (Å²) in [7, 11) is 0. The summed E-state index contributed by atoms with van der Waals surface area (Å²) in [6.45, 7) is 6.99. The molecule has 1 N–H and O–H groups in total. The predicted molar refractivity (Wildman–Crippen MR) is 140 cm³/mol. The Hall–Kier alpha value is -4.59. The molecule has 4 rings (SSSR count). The first-order chi connectivity index (χ1) is 17.9. The summed E-state index contributed by atoms with van der Waals surface area (Å²) >= 11 is 0.